The maximum atomic E-state index is 11.9. The highest BCUT2D eigenvalue weighted by Gasteiger charge is 2.15. The largest absolute Gasteiger partial charge is 0.486 e. The lowest BCUT2D eigenvalue weighted by molar-refractivity contribution is -0.117. The van der Waals surface area contributed by atoms with E-state index in [2.05, 4.69) is 10.9 Å². The highest BCUT2D eigenvalue weighted by Crippen LogP contribution is 2.30. The molecule has 2 amide bonds. The van der Waals surface area contributed by atoms with E-state index < -0.39 is 5.91 Å². The monoisotopic (exact) mass is 276 g/mol. The Hall–Kier alpha value is -2.50. The minimum absolute atomic E-state index is 0.379. The van der Waals surface area contributed by atoms with E-state index in [0.717, 1.165) is 5.57 Å². The van der Waals surface area contributed by atoms with Crippen molar-refractivity contribution in [2.75, 3.05) is 13.2 Å². The van der Waals surface area contributed by atoms with Gasteiger partial charge in [-0.25, -0.2) is 0 Å². The van der Waals surface area contributed by atoms with E-state index in [4.69, 9.17) is 9.47 Å². The third-order valence-corrected chi connectivity index (χ3v) is 2.52. The molecule has 6 nitrogen and oxygen atoms in total. The quantitative estimate of drug-likeness (QED) is 0.628. The summed E-state index contributed by atoms with van der Waals surface area (Å²) in [6.07, 6.45) is 1.39. The molecule has 0 atom stereocenters. The number of amides is 2. The fourth-order valence-electron chi connectivity index (χ4n) is 1.67. The van der Waals surface area contributed by atoms with Crippen LogP contribution in [0.5, 0.6) is 11.5 Å². The molecule has 0 saturated heterocycles. The predicted molar refractivity (Wildman–Crippen MR) is 72.5 cm³/mol. The first-order valence-electron chi connectivity index (χ1n) is 6.21. The van der Waals surface area contributed by atoms with E-state index in [1.807, 2.05) is 0 Å². The van der Waals surface area contributed by atoms with Crippen molar-refractivity contribution in [2.24, 2.45) is 0 Å². The van der Waals surface area contributed by atoms with Gasteiger partial charge in [-0.05, 0) is 32.0 Å². The number of ether oxygens (including phenoxy) is 2. The zero-order chi connectivity index (χ0) is 14.5. The molecule has 0 fully saturated rings. The number of hydrogen-bond acceptors (Lipinski definition) is 4. The summed E-state index contributed by atoms with van der Waals surface area (Å²) < 4.78 is 10.8. The number of benzene rings is 1. The van der Waals surface area contributed by atoms with E-state index >= 15 is 0 Å². The SMILES string of the molecule is CC(C)=CC(=O)NNC(=O)c1ccc2c(c1)OCCO2. The van der Waals surface area contributed by atoms with Crippen LogP contribution in [0.1, 0.15) is 24.2 Å². The Morgan fingerprint density at radius 2 is 1.80 bits per heavy atom. The fourth-order valence-corrected chi connectivity index (χ4v) is 1.67. The molecule has 1 aromatic carbocycles. The Bertz CT molecular complexity index is 562. The molecule has 106 valence electrons. The summed E-state index contributed by atoms with van der Waals surface area (Å²) in [5, 5.41) is 0. The molecule has 0 aromatic heterocycles. The van der Waals surface area contributed by atoms with E-state index in [-0.39, 0.29) is 5.91 Å². The van der Waals surface area contributed by atoms with Crippen molar-refractivity contribution < 1.29 is 19.1 Å². The summed E-state index contributed by atoms with van der Waals surface area (Å²) >= 11 is 0. The third-order valence-electron chi connectivity index (χ3n) is 2.52. The average molecular weight is 276 g/mol. The smallest absolute Gasteiger partial charge is 0.269 e. The van der Waals surface area contributed by atoms with Gasteiger partial charge in [0.1, 0.15) is 13.2 Å². The number of carbonyl (C=O) groups is 2. The van der Waals surface area contributed by atoms with E-state index in [9.17, 15) is 9.59 Å². The van der Waals surface area contributed by atoms with Gasteiger partial charge in [0.05, 0.1) is 0 Å². The molecule has 2 N–H and O–H groups in total. The average Bonchev–Trinajstić information content (AvgIpc) is 2.43. The minimum Gasteiger partial charge on any atom is -0.486 e. The van der Waals surface area contributed by atoms with Crippen LogP contribution in [-0.2, 0) is 4.79 Å². The lowest BCUT2D eigenvalue weighted by Gasteiger charge is -2.18. The molecule has 0 bridgehead atoms. The molecular formula is C14H16N2O4. The molecule has 20 heavy (non-hydrogen) atoms. The Morgan fingerprint density at radius 3 is 2.50 bits per heavy atom. The maximum absolute atomic E-state index is 11.9. The molecule has 0 radical (unpaired) electrons. The van der Waals surface area contributed by atoms with Crippen molar-refractivity contribution in [3.63, 3.8) is 0 Å². The van der Waals surface area contributed by atoms with Crippen LogP contribution in [-0.4, -0.2) is 25.0 Å². The summed E-state index contributed by atoms with van der Waals surface area (Å²) in [7, 11) is 0. The molecule has 1 aliphatic heterocycles. The maximum Gasteiger partial charge on any atom is 0.269 e. The van der Waals surface area contributed by atoms with Crippen LogP contribution in [0.25, 0.3) is 0 Å². The summed E-state index contributed by atoms with van der Waals surface area (Å²) in [6.45, 7) is 4.54. The number of fused-ring (bicyclic) bond motifs is 1. The molecule has 1 aliphatic rings. The molecule has 0 unspecified atom stereocenters. The number of carbonyl (C=O) groups excluding carboxylic acids is 2. The molecule has 2 rings (SSSR count). The molecule has 6 heteroatoms. The standard InChI is InChI=1S/C14H16N2O4/c1-9(2)7-13(17)15-16-14(18)10-3-4-11-12(8-10)20-6-5-19-11/h3-4,7-8H,5-6H2,1-2H3,(H,15,17)(H,16,18). The summed E-state index contributed by atoms with van der Waals surface area (Å²) in [4.78, 5) is 23.3. The molecular weight excluding hydrogens is 260 g/mol. The lowest BCUT2D eigenvalue weighted by atomic mass is 10.2. The number of hydrazine groups is 1. The number of rotatable bonds is 2. The van der Waals surface area contributed by atoms with Crippen molar-refractivity contribution in [1.82, 2.24) is 10.9 Å². The lowest BCUT2D eigenvalue weighted by Crippen LogP contribution is -2.40. The fraction of sp³-hybridized carbons (Fsp3) is 0.286. The first kappa shape index (κ1) is 13.9. The van der Waals surface area contributed by atoms with E-state index in [0.29, 0.717) is 30.3 Å². The summed E-state index contributed by atoms with van der Waals surface area (Å²) in [5.41, 5.74) is 5.86. The van der Waals surface area contributed by atoms with Crippen molar-refractivity contribution in [1.29, 1.82) is 0 Å². The number of hydrogen-bond donors (Lipinski definition) is 2. The molecule has 0 saturated carbocycles. The number of allylic oxidation sites excluding steroid dienone is 1. The van der Waals surface area contributed by atoms with E-state index in [1.54, 1.807) is 32.0 Å². The first-order valence-corrected chi connectivity index (χ1v) is 6.21. The normalized spacial score (nSPS) is 12.3. The van der Waals surface area contributed by atoms with Crippen LogP contribution in [0, 0.1) is 0 Å². The van der Waals surface area contributed by atoms with Gasteiger partial charge in [-0.2, -0.15) is 0 Å². The van der Waals surface area contributed by atoms with Crippen LogP contribution in [0.3, 0.4) is 0 Å². The van der Waals surface area contributed by atoms with E-state index in [1.165, 1.54) is 6.08 Å². The highest BCUT2D eigenvalue weighted by molar-refractivity contribution is 5.97. The van der Waals surface area contributed by atoms with Crippen LogP contribution >= 0.6 is 0 Å². The van der Waals surface area contributed by atoms with Crippen LogP contribution < -0.4 is 20.3 Å². The zero-order valence-electron chi connectivity index (χ0n) is 11.4. The highest BCUT2D eigenvalue weighted by atomic mass is 16.6. The third kappa shape index (κ3) is 3.50. The van der Waals surface area contributed by atoms with Gasteiger partial charge in [0, 0.05) is 11.6 Å². The Labute approximate surface area is 116 Å². The summed E-state index contributed by atoms with van der Waals surface area (Å²) in [6, 6.07) is 4.86. The topological polar surface area (TPSA) is 76.7 Å². The summed E-state index contributed by atoms with van der Waals surface area (Å²) in [5.74, 6) is 0.342. The van der Waals surface area contributed by atoms with Crippen molar-refractivity contribution in [3.8, 4) is 11.5 Å². The Balaban J connectivity index is 1.99. The van der Waals surface area contributed by atoms with Crippen LogP contribution in [0.2, 0.25) is 0 Å². The zero-order valence-corrected chi connectivity index (χ0v) is 11.4. The van der Waals surface area contributed by atoms with Gasteiger partial charge < -0.3 is 9.47 Å². The minimum atomic E-state index is -0.419. The molecule has 1 heterocycles. The second-order valence-electron chi connectivity index (χ2n) is 4.52. The number of nitrogens with one attached hydrogen (secondary N) is 2. The second kappa shape index (κ2) is 6.10. The first-order chi connectivity index (χ1) is 9.56. The van der Waals surface area contributed by atoms with Gasteiger partial charge in [-0.1, -0.05) is 5.57 Å². The van der Waals surface area contributed by atoms with Crippen LogP contribution in [0.15, 0.2) is 29.8 Å². The molecule has 0 aliphatic carbocycles. The predicted octanol–water partition coefficient (Wildman–Crippen LogP) is 1.18. The van der Waals surface area contributed by atoms with Gasteiger partial charge in [0.2, 0.25) is 0 Å². The van der Waals surface area contributed by atoms with Gasteiger partial charge in [-0.15, -0.1) is 0 Å². The van der Waals surface area contributed by atoms with Gasteiger partial charge in [-0.3, -0.25) is 20.4 Å². The second-order valence-corrected chi connectivity index (χ2v) is 4.52. The Kier molecular flexibility index (Phi) is 4.24. The molecule has 1 aromatic rings. The Morgan fingerprint density at radius 1 is 1.10 bits per heavy atom. The van der Waals surface area contributed by atoms with Gasteiger partial charge in [0.25, 0.3) is 11.8 Å². The van der Waals surface area contributed by atoms with Crippen LogP contribution in [0.4, 0.5) is 0 Å². The van der Waals surface area contributed by atoms with Crippen molar-refractivity contribution in [2.45, 2.75) is 13.8 Å². The molecule has 0 spiro atoms. The van der Waals surface area contributed by atoms with Crippen molar-refractivity contribution >= 4 is 11.8 Å². The van der Waals surface area contributed by atoms with Gasteiger partial charge >= 0.3 is 0 Å². The van der Waals surface area contributed by atoms with Crippen molar-refractivity contribution in [3.05, 3.63) is 35.4 Å². The van der Waals surface area contributed by atoms with Gasteiger partial charge in [0.15, 0.2) is 11.5 Å².